The second-order valence-corrected chi connectivity index (χ2v) is 7.80. The van der Waals surface area contributed by atoms with Gasteiger partial charge in [-0.1, -0.05) is 30.3 Å². The molecular weight excluding hydrogens is 340 g/mol. The van der Waals surface area contributed by atoms with Crippen LogP contribution in [0.5, 0.6) is 0 Å². The van der Waals surface area contributed by atoms with Crippen LogP contribution in [-0.4, -0.2) is 34.2 Å². The number of benzene rings is 2. The summed E-state index contributed by atoms with van der Waals surface area (Å²) in [4.78, 5) is 14.9. The third kappa shape index (κ3) is 3.70. The van der Waals surface area contributed by atoms with Gasteiger partial charge < -0.3 is 9.47 Å². The van der Waals surface area contributed by atoms with Crippen LogP contribution in [-0.2, 0) is 0 Å². The molecule has 1 aliphatic rings. The lowest BCUT2D eigenvalue weighted by molar-refractivity contribution is 0.0766. The fourth-order valence-electron chi connectivity index (χ4n) is 3.37. The summed E-state index contributed by atoms with van der Waals surface area (Å²) < 4.78 is 2.04. The van der Waals surface area contributed by atoms with E-state index in [2.05, 4.69) is 30.3 Å². The zero-order valence-electron chi connectivity index (χ0n) is 14.6. The van der Waals surface area contributed by atoms with Crippen molar-refractivity contribution in [3.05, 3.63) is 90.3 Å². The number of carbonyl (C=O) groups is 1. The van der Waals surface area contributed by atoms with E-state index < -0.39 is 0 Å². The van der Waals surface area contributed by atoms with E-state index >= 15 is 0 Å². The van der Waals surface area contributed by atoms with Crippen LogP contribution in [0.15, 0.2) is 79.1 Å². The zero-order chi connectivity index (χ0) is 17.8. The number of hydrogen-bond acceptors (Lipinski definition) is 2. The van der Waals surface area contributed by atoms with Crippen molar-refractivity contribution in [2.45, 2.75) is 11.7 Å². The van der Waals surface area contributed by atoms with Crippen molar-refractivity contribution in [1.29, 1.82) is 0 Å². The molecule has 0 aliphatic carbocycles. The Labute approximate surface area is 158 Å². The summed E-state index contributed by atoms with van der Waals surface area (Å²) in [7, 11) is 0. The van der Waals surface area contributed by atoms with Gasteiger partial charge in [0.25, 0.3) is 5.91 Å². The van der Waals surface area contributed by atoms with Crippen molar-refractivity contribution in [3.8, 4) is 5.69 Å². The number of amides is 1. The van der Waals surface area contributed by atoms with E-state index in [1.807, 2.05) is 70.0 Å². The molecule has 0 N–H and O–H groups in total. The van der Waals surface area contributed by atoms with E-state index in [-0.39, 0.29) is 5.91 Å². The predicted octanol–water partition coefficient (Wildman–Crippen LogP) is 4.80. The Morgan fingerprint density at radius 1 is 0.885 bits per heavy atom. The molecule has 1 atom stereocenters. The van der Waals surface area contributed by atoms with Gasteiger partial charge in [0.2, 0.25) is 0 Å². The Kier molecular flexibility index (Phi) is 5.12. The molecule has 0 radical (unpaired) electrons. The molecule has 132 valence electrons. The van der Waals surface area contributed by atoms with Crippen molar-refractivity contribution >= 4 is 17.7 Å². The highest BCUT2D eigenvalue weighted by molar-refractivity contribution is 7.99. The topological polar surface area (TPSA) is 25.2 Å². The average Bonchev–Trinajstić information content (AvgIpc) is 3.13. The number of nitrogens with zero attached hydrogens (tertiary/aromatic N) is 2. The molecule has 1 saturated heterocycles. The molecule has 4 rings (SSSR count). The van der Waals surface area contributed by atoms with Gasteiger partial charge in [-0.3, -0.25) is 4.79 Å². The van der Waals surface area contributed by atoms with E-state index in [4.69, 9.17) is 0 Å². The quantitative estimate of drug-likeness (QED) is 0.669. The molecule has 1 aromatic heterocycles. The molecule has 0 unspecified atom stereocenters. The second-order valence-electron chi connectivity index (χ2n) is 6.49. The fourth-order valence-corrected chi connectivity index (χ4v) is 4.60. The lowest BCUT2D eigenvalue weighted by Gasteiger charge is -2.20. The molecule has 2 heterocycles. The van der Waals surface area contributed by atoms with Crippen LogP contribution in [0.1, 0.15) is 27.6 Å². The van der Waals surface area contributed by atoms with Gasteiger partial charge in [0.15, 0.2) is 0 Å². The van der Waals surface area contributed by atoms with Gasteiger partial charge in [-0.2, -0.15) is 11.8 Å². The Bertz CT molecular complexity index is 844. The molecule has 3 nitrogen and oxygen atoms in total. The molecule has 4 heteroatoms. The highest BCUT2D eigenvalue weighted by atomic mass is 32.2. The minimum absolute atomic E-state index is 0.137. The minimum atomic E-state index is 0.137. The van der Waals surface area contributed by atoms with Gasteiger partial charge in [-0.25, -0.2) is 0 Å². The van der Waals surface area contributed by atoms with E-state index in [0.717, 1.165) is 36.5 Å². The van der Waals surface area contributed by atoms with Crippen LogP contribution >= 0.6 is 11.8 Å². The summed E-state index contributed by atoms with van der Waals surface area (Å²) in [6, 6.07) is 22.5. The Morgan fingerprint density at radius 3 is 2.35 bits per heavy atom. The van der Waals surface area contributed by atoms with Gasteiger partial charge in [0, 0.05) is 47.7 Å². The van der Waals surface area contributed by atoms with Crippen molar-refractivity contribution < 1.29 is 4.79 Å². The first kappa shape index (κ1) is 17.0. The molecule has 0 spiro atoms. The minimum Gasteiger partial charge on any atom is -0.338 e. The van der Waals surface area contributed by atoms with Crippen LogP contribution in [0.2, 0.25) is 0 Å². The zero-order valence-corrected chi connectivity index (χ0v) is 15.4. The van der Waals surface area contributed by atoms with Gasteiger partial charge in [-0.15, -0.1) is 0 Å². The Balaban J connectivity index is 1.43. The maximum Gasteiger partial charge on any atom is 0.253 e. The SMILES string of the molecule is O=C(c1ccc(-n2cccc2)cc1)N1CCS[C@H](c2ccccc2)CC1. The van der Waals surface area contributed by atoms with Gasteiger partial charge >= 0.3 is 0 Å². The molecule has 0 bridgehead atoms. The number of hydrogen-bond donors (Lipinski definition) is 0. The second kappa shape index (κ2) is 7.83. The van der Waals surface area contributed by atoms with E-state index in [9.17, 15) is 4.79 Å². The van der Waals surface area contributed by atoms with E-state index in [0.29, 0.717) is 5.25 Å². The summed E-state index contributed by atoms with van der Waals surface area (Å²) in [6.07, 6.45) is 5.01. The first-order chi connectivity index (χ1) is 12.8. The highest BCUT2D eigenvalue weighted by Gasteiger charge is 2.22. The van der Waals surface area contributed by atoms with Gasteiger partial charge in [0.05, 0.1) is 0 Å². The summed E-state index contributed by atoms with van der Waals surface area (Å²) in [5.74, 6) is 1.12. The summed E-state index contributed by atoms with van der Waals surface area (Å²) in [6.45, 7) is 1.62. The van der Waals surface area contributed by atoms with Crippen molar-refractivity contribution in [2.24, 2.45) is 0 Å². The number of thioether (sulfide) groups is 1. The van der Waals surface area contributed by atoms with Crippen molar-refractivity contribution in [1.82, 2.24) is 9.47 Å². The highest BCUT2D eigenvalue weighted by Crippen LogP contribution is 2.34. The summed E-state index contributed by atoms with van der Waals surface area (Å²) in [5.41, 5.74) is 3.20. The van der Waals surface area contributed by atoms with E-state index in [1.54, 1.807) is 0 Å². The fraction of sp³-hybridized carbons (Fsp3) is 0.227. The maximum atomic E-state index is 12.9. The average molecular weight is 362 g/mol. The summed E-state index contributed by atoms with van der Waals surface area (Å²) >= 11 is 1.96. The molecule has 1 fully saturated rings. The van der Waals surface area contributed by atoms with Crippen LogP contribution in [0.4, 0.5) is 0 Å². The molecule has 3 aromatic rings. The number of carbonyl (C=O) groups excluding carboxylic acids is 1. The largest absolute Gasteiger partial charge is 0.338 e. The molecule has 1 aliphatic heterocycles. The smallest absolute Gasteiger partial charge is 0.253 e. The predicted molar refractivity (Wildman–Crippen MR) is 108 cm³/mol. The van der Waals surface area contributed by atoms with E-state index in [1.165, 1.54) is 5.56 Å². The molecule has 0 saturated carbocycles. The van der Waals surface area contributed by atoms with Gasteiger partial charge in [-0.05, 0) is 48.4 Å². The number of aromatic nitrogens is 1. The van der Waals surface area contributed by atoms with Crippen LogP contribution < -0.4 is 0 Å². The Morgan fingerprint density at radius 2 is 1.62 bits per heavy atom. The Hall–Kier alpha value is -2.46. The summed E-state index contributed by atoms with van der Waals surface area (Å²) in [5, 5.41) is 0.477. The van der Waals surface area contributed by atoms with Crippen molar-refractivity contribution in [2.75, 3.05) is 18.8 Å². The first-order valence-electron chi connectivity index (χ1n) is 9.00. The van der Waals surface area contributed by atoms with Crippen LogP contribution in [0.25, 0.3) is 5.69 Å². The normalized spacial score (nSPS) is 17.7. The monoisotopic (exact) mass is 362 g/mol. The first-order valence-corrected chi connectivity index (χ1v) is 10.1. The third-order valence-corrected chi connectivity index (χ3v) is 6.15. The number of rotatable bonds is 3. The molecular formula is C22H22N2OS. The van der Waals surface area contributed by atoms with Crippen molar-refractivity contribution in [3.63, 3.8) is 0 Å². The van der Waals surface area contributed by atoms with Gasteiger partial charge in [0.1, 0.15) is 0 Å². The lowest BCUT2D eigenvalue weighted by atomic mass is 10.1. The molecule has 1 amide bonds. The standard InChI is InChI=1S/C22H22N2OS/c25-22(19-8-10-20(11-9-19)23-13-4-5-14-23)24-15-12-21(26-17-16-24)18-6-2-1-3-7-18/h1-11,13-14,21H,12,15-17H2/t21-/m0/s1. The lowest BCUT2D eigenvalue weighted by Crippen LogP contribution is -2.32. The third-order valence-electron chi connectivity index (χ3n) is 4.82. The van der Waals surface area contributed by atoms with Crippen LogP contribution in [0.3, 0.4) is 0 Å². The molecule has 26 heavy (non-hydrogen) atoms. The van der Waals surface area contributed by atoms with Crippen LogP contribution in [0, 0.1) is 0 Å². The molecule has 2 aromatic carbocycles. The maximum absolute atomic E-state index is 12.9.